The zero-order valence-electron chi connectivity index (χ0n) is 17.8. The molecular formula is C27H32O3. The summed E-state index contributed by atoms with van der Waals surface area (Å²) >= 11 is 0. The molecule has 5 rings (SSSR count). The van der Waals surface area contributed by atoms with Gasteiger partial charge < -0.3 is 9.84 Å². The third-order valence-corrected chi connectivity index (χ3v) is 8.36. The van der Waals surface area contributed by atoms with E-state index in [1.807, 2.05) is 30.3 Å². The largest absolute Gasteiger partial charge is 0.508 e. The number of phenolic OH excluding ortho intramolecular Hbond substituents is 1. The number of carbonyl (C=O) groups is 1. The van der Waals surface area contributed by atoms with E-state index >= 15 is 0 Å². The molecule has 0 saturated heterocycles. The van der Waals surface area contributed by atoms with E-state index in [1.54, 1.807) is 0 Å². The molecule has 3 nitrogen and oxygen atoms in total. The average Bonchev–Trinajstić information content (AvgIpc) is 3.09. The molecule has 0 unspecified atom stereocenters. The molecular weight excluding hydrogens is 372 g/mol. The van der Waals surface area contributed by atoms with Crippen LogP contribution in [0.15, 0.2) is 48.5 Å². The normalized spacial score (nSPS) is 32.0. The molecule has 30 heavy (non-hydrogen) atoms. The highest BCUT2D eigenvalue weighted by Crippen LogP contribution is 2.61. The summed E-state index contributed by atoms with van der Waals surface area (Å²) in [4.78, 5) is 12.6. The molecule has 2 aromatic rings. The molecule has 5 atom stereocenters. The molecule has 3 heteroatoms. The fourth-order valence-corrected chi connectivity index (χ4v) is 6.82. The van der Waals surface area contributed by atoms with Crippen molar-refractivity contribution in [1.82, 2.24) is 0 Å². The van der Waals surface area contributed by atoms with Gasteiger partial charge in [-0.15, -0.1) is 0 Å². The Balaban J connectivity index is 1.26. The number of hydrogen-bond donors (Lipinski definition) is 1. The minimum absolute atomic E-state index is 0.0442. The Morgan fingerprint density at radius 2 is 1.93 bits per heavy atom. The minimum Gasteiger partial charge on any atom is -0.508 e. The summed E-state index contributed by atoms with van der Waals surface area (Å²) in [7, 11) is 0. The van der Waals surface area contributed by atoms with Gasteiger partial charge >= 0.3 is 5.97 Å². The van der Waals surface area contributed by atoms with Gasteiger partial charge in [0, 0.05) is 11.8 Å². The first kappa shape index (κ1) is 19.7. The van der Waals surface area contributed by atoms with Gasteiger partial charge in [-0.1, -0.05) is 43.3 Å². The van der Waals surface area contributed by atoms with Crippen molar-refractivity contribution in [3.8, 4) is 5.75 Å². The maximum absolute atomic E-state index is 12.6. The predicted molar refractivity (Wildman–Crippen MR) is 117 cm³/mol. The van der Waals surface area contributed by atoms with Crippen molar-refractivity contribution in [3.63, 3.8) is 0 Å². The Kier molecular flexibility index (Phi) is 5.08. The number of esters is 1. The molecule has 158 valence electrons. The van der Waals surface area contributed by atoms with Crippen molar-refractivity contribution >= 4 is 5.97 Å². The van der Waals surface area contributed by atoms with E-state index in [-0.39, 0.29) is 17.5 Å². The lowest BCUT2D eigenvalue weighted by atomic mass is 9.55. The smallest absolute Gasteiger partial charge is 0.306 e. The van der Waals surface area contributed by atoms with Gasteiger partial charge in [0.25, 0.3) is 0 Å². The number of rotatable bonds is 4. The quantitative estimate of drug-likeness (QED) is 0.656. The van der Waals surface area contributed by atoms with Gasteiger partial charge in [-0.05, 0) is 91.5 Å². The molecule has 0 radical (unpaired) electrons. The molecule has 3 aliphatic rings. The second kappa shape index (κ2) is 7.76. The second-order valence-electron chi connectivity index (χ2n) is 9.88. The number of fused-ring (bicyclic) bond motifs is 5. The van der Waals surface area contributed by atoms with Gasteiger partial charge in [0.05, 0.1) is 0 Å². The first-order chi connectivity index (χ1) is 14.5. The summed E-state index contributed by atoms with van der Waals surface area (Å²) in [5, 5.41) is 9.86. The van der Waals surface area contributed by atoms with Crippen LogP contribution in [0.3, 0.4) is 0 Å². The van der Waals surface area contributed by atoms with E-state index in [9.17, 15) is 9.90 Å². The van der Waals surface area contributed by atoms with Crippen LogP contribution in [0.4, 0.5) is 0 Å². The van der Waals surface area contributed by atoms with Gasteiger partial charge in [0.2, 0.25) is 0 Å². The van der Waals surface area contributed by atoms with Gasteiger partial charge in [0.15, 0.2) is 0 Å². The van der Waals surface area contributed by atoms with Crippen LogP contribution in [0.25, 0.3) is 0 Å². The van der Waals surface area contributed by atoms with E-state index in [4.69, 9.17) is 4.74 Å². The Morgan fingerprint density at radius 3 is 2.77 bits per heavy atom. The number of phenols is 1. The van der Waals surface area contributed by atoms with Gasteiger partial charge in [-0.25, -0.2) is 0 Å². The van der Waals surface area contributed by atoms with Crippen LogP contribution < -0.4 is 0 Å². The van der Waals surface area contributed by atoms with E-state index in [2.05, 4.69) is 25.1 Å². The SMILES string of the molecule is C[C@@]12CC[C@@H]3c4ccc(O)cc4CC[C@@H]3[C@@H]1CC[C@@H]2OC(=O)CCc1ccccc1. The molecule has 0 amide bonds. The van der Waals surface area contributed by atoms with E-state index in [1.165, 1.54) is 29.5 Å². The monoisotopic (exact) mass is 404 g/mol. The lowest BCUT2D eigenvalue weighted by Gasteiger charge is -2.50. The number of aryl methyl sites for hydroxylation is 2. The van der Waals surface area contributed by atoms with Crippen LogP contribution in [0.2, 0.25) is 0 Å². The first-order valence-corrected chi connectivity index (χ1v) is 11.6. The van der Waals surface area contributed by atoms with Crippen molar-refractivity contribution in [2.24, 2.45) is 17.3 Å². The van der Waals surface area contributed by atoms with Crippen LogP contribution in [0.5, 0.6) is 5.75 Å². The molecule has 2 saturated carbocycles. The third kappa shape index (κ3) is 3.42. The molecule has 1 N–H and O–H groups in total. The fourth-order valence-electron chi connectivity index (χ4n) is 6.82. The third-order valence-electron chi connectivity index (χ3n) is 8.36. The molecule has 0 spiro atoms. The molecule has 0 aromatic heterocycles. The topological polar surface area (TPSA) is 46.5 Å². The lowest BCUT2D eigenvalue weighted by molar-refractivity contribution is -0.157. The van der Waals surface area contributed by atoms with Crippen LogP contribution in [-0.4, -0.2) is 17.2 Å². The Hall–Kier alpha value is -2.29. The average molecular weight is 405 g/mol. The standard InChI is InChI=1S/C27H32O3/c1-27-16-15-22-21-11-9-20(28)17-19(21)8-10-23(22)24(27)12-13-25(27)30-26(29)14-7-18-5-3-2-4-6-18/h2-6,9,11,17,22-25,28H,7-8,10,12-16H2,1H3/t22-,23+,24+,25+,27-/m1/s1. The molecule has 2 fully saturated rings. The van der Waals surface area contributed by atoms with Crippen molar-refractivity contribution in [2.45, 2.75) is 70.3 Å². The number of ether oxygens (including phenoxy) is 1. The Bertz CT molecular complexity index is 921. The molecule has 0 bridgehead atoms. The summed E-state index contributed by atoms with van der Waals surface area (Å²) in [5.74, 6) is 2.24. The van der Waals surface area contributed by atoms with Gasteiger partial charge in [-0.2, -0.15) is 0 Å². The molecule has 2 aromatic carbocycles. The zero-order valence-corrected chi connectivity index (χ0v) is 17.8. The fraction of sp³-hybridized carbons (Fsp3) is 0.519. The molecule has 0 heterocycles. The highest BCUT2D eigenvalue weighted by Gasteiger charge is 2.56. The van der Waals surface area contributed by atoms with E-state index < -0.39 is 0 Å². The summed E-state index contributed by atoms with van der Waals surface area (Å²) in [6.45, 7) is 2.38. The highest BCUT2D eigenvalue weighted by atomic mass is 16.5. The van der Waals surface area contributed by atoms with Crippen molar-refractivity contribution in [2.75, 3.05) is 0 Å². The number of benzene rings is 2. The second-order valence-corrected chi connectivity index (χ2v) is 9.88. The minimum atomic E-state index is -0.0442. The summed E-state index contributed by atoms with van der Waals surface area (Å²) in [6, 6.07) is 16.2. The predicted octanol–water partition coefficient (Wildman–Crippen LogP) is 5.79. The maximum Gasteiger partial charge on any atom is 0.306 e. The maximum atomic E-state index is 12.6. The summed E-state index contributed by atoms with van der Waals surface area (Å²) in [5.41, 5.74) is 4.09. The zero-order chi connectivity index (χ0) is 20.7. The Morgan fingerprint density at radius 1 is 1.10 bits per heavy atom. The number of aromatic hydroxyl groups is 1. The number of carbonyl (C=O) groups excluding carboxylic acids is 1. The van der Waals surface area contributed by atoms with Gasteiger partial charge in [0.1, 0.15) is 11.9 Å². The van der Waals surface area contributed by atoms with Crippen molar-refractivity contribution in [1.29, 1.82) is 0 Å². The Labute approximate surface area is 179 Å². The molecule has 0 aliphatic heterocycles. The van der Waals surface area contributed by atoms with Crippen molar-refractivity contribution in [3.05, 3.63) is 65.2 Å². The summed E-state index contributed by atoms with van der Waals surface area (Å²) < 4.78 is 6.10. The lowest BCUT2D eigenvalue weighted by Crippen LogP contribution is -2.45. The van der Waals surface area contributed by atoms with Crippen LogP contribution in [0, 0.1) is 17.3 Å². The van der Waals surface area contributed by atoms with Crippen LogP contribution >= 0.6 is 0 Å². The summed E-state index contributed by atoms with van der Waals surface area (Å²) in [6.07, 6.45) is 7.97. The van der Waals surface area contributed by atoms with E-state index in [0.717, 1.165) is 32.1 Å². The van der Waals surface area contributed by atoms with Crippen LogP contribution in [-0.2, 0) is 22.4 Å². The van der Waals surface area contributed by atoms with Crippen LogP contribution in [0.1, 0.15) is 68.1 Å². The van der Waals surface area contributed by atoms with E-state index in [0.29, 0.717) is 29.9 Å². The highest BCUT2D eigenvalue weighted by molar-refractivity contribution is 5.70. The van der Waals surface area contributed by atoms with Gasteiger partial charge in [-0.3, -0.25) is 4.79 Å². The first-order valence-electron chi connectivity index (χ1n) is 11.6. The van der Waals surface area contributed by atoms with Crippen molar-refractivity contribution < 1.29 is 14.6 Å². The molecule has 3 aliphatic carbocycles. The number of hydrogen-bond acceptors (Lipinski definition) is 3.